The van der Waals surface area contributed by atoms with Crippen LogP contribution in [-0.4, -0.2) is 44.0 Å². The Kier molecular flexibility index (Phi) is 5.04. The Labute approximate surface area is 119 Å². The molecule has 2 fully saturated rings. The molecule has 2 N–H and O–H groups in total. The minimum absolute atomic E-state index is 0.423. The van der Waals surface area contributed by atoms with Gasteiger partial charge in [0.05, 0.1) is 24.4 Å². The number of nitrogens with one attached hydrogen (secondary N) is 1. The van der Waals surface area contributed by atoms with Crippen molar-refractivity contribution in [1.82, 2.24) is 4.72 Å². The zero-order valence-corrected chi connectivity index (χ0v) is 12.6. The van der Waals surface area contributed by atoms with Crippen LogP contribution in [0.25, 0.3) is 0 Å². The maximum Gasteiger partial charge on any atom is 0.310 e. The molecule has 0 aromatic rings. The van der Waals surface area contributed by atoms with Gasteiger partial charge in [0.1, 0.15) is 0 Å². The van der Waals surface area contributed by atoms with Crippen molar-refractivity contribution >= 4 is 16.0 Å². The zero-order valence-electron chi connectivity index (χ0n) is 11.7. The average Bonchev–Trinajstić information content (AvgIpc) is 2.90. The highest BCUT2D eigenvalue weighted by atomic mass is 32.2. The molecule has 2 aliphatic rings. The quantitative estimate of drug-likeness (QED) is 0.740. The second kappa shape index (κ2) is 6.41. The molecule has 2 aliphatic carbocycles. The van der Waals surface area contributed by atoms with E-state index in [1.807, 2.05) is 0 Å². The molecule has 0 heterocycles. The summed E-state index contributed by atoms with van der Waals surface area (Å²) >= 11 is 0. The van der Waals surface area contributed by atoms with Crippen molar-refractivity contribution in [3.63, 3.8) is 0 Å². The van der Waals surface area contributed by atoms with Crippen LogP contribution in [-0.2, 0) is 19.6 Å². The van der Waals surface area contributed by atoms with Gasteiger partial charge in [0.25, 0.3) is 0 Å². The van der Waals surface area contributed by atoms with Crippen LogP contribution in [0.5, 0.6) is 0 Å². The fourth-order valence-electron chi connectivity index (χ4n) is 3.27. The maximum absolute atomic E-state index is 12.4. The zero-order chi connectivity index (χ0) is 14.8. The van der Waals surface area contributed by atoms with Gasteiger partial charge in [-0.1, -0.05) is 19.3 Å². The molecule has 0 radical (unpaired) electrons. The first kappa shape index (κ1) is 15.7. The highest BCUT2D eigenvalue weighted by Crippen LogP contribution is 2.32. The highest BCUT2D eigenvalue weighted by molar-refractivity contribution is 7.90. The Balaban J connectivity index is 2.07. The number of carbonyl (C=O) groups excluding carboxylic acids is 1. The second-order valence-electron chi connectivity index (χ2n) is 5.72. The van der Waals surface area contributed by atoms with Crippen molar-refractivity contribution < 1.29 is 23.1 Å². The molecule has 0 aliphatic heterocycles. The Morgan fingerprint density at radius 3 is 2.50 bits per heavy atom. The lowest BCUT2D eigenvalue weighted by molar-refractivity contribution is -0.145. The fraction of sp³-hybridized carbons (Fsp3) is 0.923. The first-order valence-electron chi connectivity index (χ1n) is 7.22. The van der Waals surface area contributed by atoms with Crippen molar-refractivity contribution in [3.8, 4) is 0 Å². The molecule has 20 heavy (non-hydrogen) atoms. The molecule has 7 heteroatoms. The van der Waals surface area contributed by atoms with Crippen molar-refractivity contribution in [1.29, 1.82) is 0 Å². The Morgan fingerprint density at radius 2 is 1.85 bits per heavy atom. The molecule has 6 nitrogen and oxygen atoms in total. The number of aliphatic hydroxyl groups is 1. The molecule has 2 unspecified atom stereocenters. The van der Waals surface area contributed by atoms with Crippen molar-refractivity contribution in [2.45, 2.75) is 62.3 Å². The van der Waals surface area contributed by atoms with Gasteiger partial charge in [0.2, 0.25) is 10.0 Å². The van der Waals surface area contributed by atoms with Gasteiger partial charge in [-0.2, -0.15) is 0 Å². The number of hydrogen-bond donors (Lipinski definition) is 2. The van der Waals surface area contributed by atoms with Crippen LogP contribution in [0.4, 0.5) is 0 Å². The predicted molar refractivity (Wildman–Crippen MR) is 73.5 cm³/mol. The largest absolute Gasteiger partial charge is 0.469 e. The van der Waals surface area contributed by atoms with Crippen LogP contribution in [0.15, 0.2) is 0 Å². The SMILES string of the molecule is COC(=O)C1CCCC1S(=O)(=O)N[C@H]1CCCC[C@@H]1O. The van der Waals surface area contributed by atoms with E-state index < -0.39 is 39.3 Å². The van der Waals surface area contributed by atoms with Crippen LogP contribution >= 0.6 is 0 Å². The van der Waals surface area contributed by atoms with E-state index in [1.165, 1.54) is 7.11 Å². The van der Waals surface area contributed by atoms with Crippen molar-refractivity contribution in [2.75, 3.05) is 7.11 Å². The van der Waals surface area contributed by atoms with Crippen LogP contribution in [0.1, 0.15) is 44.9 Å². The molecule has 0 saturated heterocycles. The minimum Gasteiger partial charge on any atom is -0.469 e. The molecule has 0 amide bonds. The van der Waals surface area contributed by atoms with E-state index in [4.69, 9.17) is 4.74 Å². The third-order valence-electron chi connectivity index (χ3n) is 4.40. The number of methoxy groups -OCH3 is 1. The van der Waals surface area contributed by atoms with E-state index in [0.29, 0.717) is 32.1 Å². The summed E-state index contributed by atoms with van der Waals surface area (Å²) in [6, 6.07) is -0.423. The maximum atomic E-state index is 12.4. The first-order valence-corrected chi connectivity index (χ1v) is 8.77. The number of hydrogen-bond acceptors (Lipinski definition) is 5. The Bertz CT molecular complexity index is 450. The number of ether oxygens (including phenoxy) is 1. The number of aliphatic hydroxyl groups excluding tert-OH is 1. The molecule has 2 rings (SSSR count). The normalized spacial score (nSPS) is 34.9. The summed E-state index contributed by atoms with van der Waals surface area (Å²) in [7, 11) is -2.33. The molecular formula is C13H23NO5S. The summed E-state index contributed by atoms with van der Waals surface area (Å²) in [5.41, 5.74) is 0. The fourth-order valence-corrected chi connectivity index (χ4v) is 5.29. The number of carbonyl (C=O) groups is 1. The van der Waals surface area contributed by atoms with Crippen LogP contribution < -0.4 is 4.72 Å². The lowest BCUT2D eigenvalue weighted by Gasteiger charge is -2.30. The molecule has 116 valence electrons. The molecule has 4 atom stereocenters. The van der Waals surface area contributed by atoms with Crippen molar-refractivity contribution in [2.24, 2.45) is 5.92 Å². The van der Waals surface area contributed by atoms with Gasteiger partial charge in [0, 0.05) is 6.04 Å². The summed E-state index contributed by atoms with van der Waals surface area (Å²) in [6.45, 7) is 0. The lowest BCUT2D eigenvalue weighted by atomic mass is 9.93. The number of rotatable bonds is 4. The molecule has 0 spiro atoms. The first-order chi connectivity index (χ1) is 9.45. The predicted octanol–water partition coefficient (Wildman–Crippen LogP) is 0.551. The summed E-state index contributed by atoms with van der Waals surface area (Å²) in [6.07, 6.45) is 4.20. The number of sulfonamides is 1. The van der Waals surface area contributed by atoms with Crippen LogP contribution in [0.2, 0.25) is 0 Å². The third-order valence-corrected chi connectivity index (χ3v) is 6.39. The van der Waals surface area contributed by atoms with Gasteiger partial charge in [-0.05, 0) is 25.7 Å². The van der Waals surface area contributed by atoms with Gasteiger partial charge >= 0.3 is 5.97 Å². The van der Waals surface area contributed by atoms with Gasteiger partial charge < -0.3 is 9.84 Å². The highest BCUT2D eigenvalue weighted by Gasteiger charge is 2.43. The van der Waals surface area contributed by atoms with Crippen LogP contribution in [0.3, 0.4) is 0 Å². The van der Waals surface area contributed by atoms with E-state index in [-0.39, 0.29) is 0 Å². The summed E-state index contributed by atoms with van der Waals surface area (Å²) in [4.78, 5) is 11.7. The molecule has 0 aromatic heterocycles. The van der Waals surface area contributed by atoms with Crippen LogP contribution in [0, 0.1) is 5.92 Å². The Morgan fingerprint density at radius 1 is 1.15 bits per heavy atom. The molecule has 0 bridgehead atoms. The minimum atomic E-state index is -3.61. The monoisotopic (exact) mass is 305 g/mol. The average molecular weight is 305 g/mol. The lowest BCUT2D eigenvalue weighted by Crippen LogP contribution is -2.49. The van der Waals surface area contributed by atoms with E-state index in [0.717, 1.165) is 12.8 Å². The summed E-state index contributed by atoms with van der Waals surface area (Å²) in [5.74, 6) is -1.04. The molecule has 0 aromatic carbocycles. The van der Waals surface area contributed by atoms with E-state index >= 15 is 0 Å². The number of esters is 1. The molecular weight excluding hydrogens is 282 g/mol. The topological polar surface area (TPSA) is 92.7 Å². The van der Waals surface area contributed by atoms with Crippen molar-refractivity contribution in [3.05, 3.63) is 0 Å². The van der Waals surface area contributed by atoms with E-state index in [9.17, 15) is 18.3 Å². The van der Waals surface area contributed by atoms with Gasteiger partial charge in [-0.3, -0.25) is 4.79 Å². The van der Waals surface area contributed by atoms with E-state index in [1.54, 1.807) is 0 Å². The third kappa shape index (κ3) is 3.32. The van der Waals surface area contributed by atoms with Gasteiger partial charge in [-0.15, -0.1) is 0 Å². The van der Waals surface area contributed by atoms with Gasteiger partial charge in [0.15, 0.2) is 0 Å². The van der Waals surface area contributed by atoms with Gasteiger partial charge in [-0.25, -0.2) is 13.1 Å². The Hall–Kier alpha value is -0.660. The summed E-state index contributed by atoms with van der Waals surface area (Å²) in [5, 5.41) is 9.15. The standard InChI is InChI=1S/C13H23NO5S/c1-19-13(16)9-5-4-8-12(9)20(17,18)14-10-6-2-3-7-11(10)15/h9-12,14-15H,2-8H2,1H3/t9?,10-,11-,12?/m0/s1. The second-order valence-corrected chi connectivity index (χ2v) is 7.65. The summed E-state index contributed by atoms with van der Waals surface area (Å²) < 4.78 is 32.2. The van der Waals surface area contributed by atoms with E-state index in [2.05, 4.69) is 4.72 Å². The smallest absolute Gasteiger partial charge is 0.310 e. The molecule has 2 saturated carbocycles.